The summed E-state index contributed by atoms with van der Waals surface area (Å²) in [7, 11) is 0. The van der Waals surface area contributed by atoms with Crippen LogP contribution in [0.4, 0.5) is 10.1 Å². The Morgan fingerprint density at radius 2 is 1.79 bits per heavy atom. The molecule has 38 heavy (non-hydrogen) atoms. The van der Waals surface area contributed by atoms with Crippen LogP contribution >= 0.6 is 0 Å². The Balaban J connectivity index is 1.31. The molecule has 0 spiro atoms. The Morgan fingerprint density at radius 3 is 2.61 bits per heavy atom. The van der Waals surface area contributed by atoms with Crippen LogP contribution in [-0.2, 0) is 19.5 Å². The molecule has 0 bridgehead atoms. The number of halogens is 1. The maximum Gasteiger partial charge on any atom is 0.251 e. The Labute approximate surface area is 222 Å². The van der Waals surface area contributed by atoms with Crippen LogP contribution in [0.3, 0.4) is 0 Å². The number of anilines is 1. The lowest BCUT2D eigenvalue weighted by molar-refractivity contribution is 0.0949. The van der Waals surface area contributed by atoms with Gasteiger partial charge in [0.2, 0.25) is 5.91 Å². The maximum atomic E-state index is 13.8. The average Bonchev–Trinajstić information content (AvgIpc) is 2.93. The van der Waals surface area contributed by atoms with Crippen LogP contribution in [0.5, 0.6) is 0 Å². The number of nitrogens with zero attached hydrogens (tertiary/aromatic N) is 1. The van der Waals surface area contributed by atoms with E-state index in [1.165, 1.54) is 6.07 Å². The van der Waals surface area contributed by atoms with Crippen molar-refractivity contribution >= 4 is 17.5 Å². The van der Waals surface area contributed by atoms with Crippen LogP contribution in [0.1, 0.15) is 49.4 Å². The van der Waals surface area contributed by atoms with E-state index in [9.17, 15) is 14.0 Å². The van der Waals surface area contributed by atoms with Gasteiger partial charge in [-0.05, 0) is 89.5 Å². The highest BCUT2D eigenvalue weighted by Crippen LogP contribution is 2.31. The number of amides is 2. The molecule has 1 heterocycles. The third kappa shape index (κ3) is 5.44. The average molecular weight is 508 g/mol. The zero-order chi connectivity index (χ0) is 26.6. The molecule has 0 saturated carbocycles. The van der Waals surface area contributed by atoms with Crippen molar-refractivity contribution < 1.29 is 14.0 Å². The zero-order valence-corrected chi connectivity index (χ0v) is 21.3. The van der Waals surface area contributed by atoms with E-state index >= 15 is 0 Å². The number of hydrogen-bond donors (Lipinski definition) is 2. The first-order valence-corrected chi connectivity index (χ1v) is 12.8. The van der Waals surface area contributed by atoms with E-state index in [1.54, 1.807) is 19.1 Å². The summed E-state index contributed by atoms with van der Waals surface area (Å²) in [5.41, 5.74) is 13.2. The second-order valence-corrected chi connectivity index (χ2v) is 9.75. The fourth-order valence-corrected chi connectivity index (χ4v) is 5.02. The van der Waals surface area contributed by atoms with E-state index < -0.39 is 5.91 Å². The number of carbonyl (C=O) groups excluding carboxylic acids is 2. The molecule has 4 aromatic rings. The van der Waals surface area contributed by atoms with Gasteiger partial charge in [0.1, 0.15) is 5.82 Å². The van der Waals surface area contributed by atoms with Crippen LogP contribution in [0.25, 0.3) is 11.1 Å². The van der Waals surface area contributed by atoms with Gasteiger partial charge in [-0.2, -0.15) is 0 Å². The highest BCUT2D eigenvalue weighted by Gasteiger charge is 2.19. The topological polar surface area (TPSA) is 75.4 Å². The number of aryl methyl sites for hydroxylation is 2. The number of primary amides is 1. The molecule has 0 aromatic heterocycles. The van der Waals surface area contributed by atoms with Gasteiger partial charge >= 0.3 is 0 Å². The lowest BCUT2D eigenvalue weighted by Crippen LogP contribution is -2.29. The SMILES string of the molecule is Cc1ccc(CNC(=O)c2ccc3c(c2)CCCN3Cc2cccc(-c3ccccc3C(N)=O)c2)cc1F. The van der Waals surface area contributed by atoms with Crippen molar-refractivity contribution in [3.63, 3.8) is 0 Å². The van der Waals surface area contributed by atoms with E-state index in [0.29, 0.717) is 23.2 Å². The quantitative estimate of drug-likeness (QED) is 0.333. The minimum atomic E-state index is -0.443. The van der Waals surface area contributed by atoms with E-state index in [4.69, 9.17) is 5.73 Å². The number of carbonyl (C=O) groups is 2. The van der Waals surface area contributed by atoms with Gasteiger partial charge in [-0.15, -0.1) is 0 Å². The second kappa shape index (κ2) is 10.9. The van der Waals surface area contributed by atoms with Crippen LogP contribution in [0, 0.1) is 12.7 Å². The predicted octanol–water partition coefficient (Wildman–Crippen LogP) is 5.78. The van der Waals surface area contributed by atoms with Crippen LogP contribution in [-0.4, -0.2) is 18.4 Å². The van der Waals surface area contributed by atoms with Gasteiger partial charge in [-0.25, -0.2) is 4.39 Å². The molecule has 1 aliphatic heterocycles. The van der Waals surface area contributed by atoms with Gasteiger partial charge in [0.25, 0.3) is 5.91 Å². The molecule has 0 atom stereocenters. The summed E-state index contributed by atoms with van der Waals surface area (Å²) in [4.78, 5) is 27.1. The van der Waals surface area contributed by atoms with Crippen molar-refractivity contribution in [3.8, 4) is 11.1 Å². The number of fused-ring (bicyclic) bond motifs is 1. The Kier molecular flexibility index (Phi) is 7.22. The molecule has 0 unspecified atom stereocenters. The first kappa shape index (κ1) is 25.2. The molecular formula is C32H30FN3O2. The van der Waals surface area contributed by atoms with Crippen molar-refractivity contribution in [2.75, 3.05) is 11.4 Å². The van der Waals surface area contributed by atoms with Gasteiger partial charge in [-0.1, -0.05) is 48.5 Å². The fourth-order valence-electron chi connectivity index (χ4n) is 5.02. The molecule has 5 rings (SSSR count). The minimum absolute atomic E-state index is 0.174. The van der Waals surface area contributed by atoms with Gasteiger partial charge < -0.3 is 16.0 Å². The molecule has 2 amide bonds. The van der Waals surface area contributed by atoms with E-state index in [1.807, 2.05) is 54.6 Å². The second-order valence-electron chi connectivity index (χ2n) is 9.75. The number of benzene rings is 4. The van der Waals surface area contributed by atoms with E-state index in [2.05, 4.69) is 22.3 Å². The normalized spacial score (nSPS) is 12.6. The summed E-state index contributed by atoms with van der Waals surface area (Å²) in [5.74, 6) is -0.887. The van der Waals surface area contributed by atoms with Crippen LogP contribution in [0.2, 0.25) is 0 Å². The first-order valence-electron chi connectivity index (χ1n) is 12.8. The summed E-state index contributed by atoms with van der Waals surface area (Å²) in [6, 6.07) is 26.4. The smallest absolute Gasteiger partial charge is 0.251 e. The van der Waals surface area contributed by atoms with Crippen LogP contribution in [0.15, 0.2) is 84.9 Å². The lowest BCUT2D eigenvalue weighted by Gasteiger charge is -2.32. The standard InChI is InChI=1S/C32H30FN3O2/c1-21-11-12-22(17-29(21)33)19-35-32(38)26-13-14-30-25(18-26)8-5-15-36(30)20-23-6-4-7-24(16-23)27-9-2-3-10-28(27)31(34)37/h2-4,6-7,9-14,16-18H,5,8,15,19-20H2,1H3,(H2,34,37)(H,35,38). The Morgan fingerprint density at radius 1 is 0.947 bits per heavy atom. The van der Waals surface area contributed by atoms with Gasteiger partial charge in [0.15, 0.2) is 0 Å². The minimum Gasteiger partial charge on any atom is -0.367 e. The number of hydrogen-bond acceptors (Lipinski definition) is 3. The number of nitrogens with one attached hydrogen (secondary N) is 1. The molecule has 6 heteroatoms. The van der Waals surface area contributed by atoms with E-state index in [-0.39, 0.29) is 18.3 Å². The van der Waals surface area contributed by atoms with Gasteiger partial charge in [-0.3, -0.25) is 9.59 Å². The summed E-state index contributed by atoms with van der Waals surface area (Å²) in [5, 5.41) is 2.90. The summed E-state index contributed by atoms with van der Waals surface area (Å²) >= 11 is 0. The van der Waals surface area contributed by atoms with Crippen molar-refractivity contribution in [1.29, 1.82) is 0 Å². The number of rotatable bonds is 7. The number of nitrogens with two attached hydrogens (primary N) is 1. The monoisotopic (exact) mass is 507 g/mol. The fraction of sp³-hybridized carbons (Fsp3) is 0.188. The van der Waals surface area contributed by atoms with Crippen molar-refractivity contribution in [1.82, 2.24) is 5.32 Å². The van der Waals surface area contributed by atoms with Crippen molar-refractivity contribution in [2.45, 2.75) is 32.9 Å². The van der Waals surface area contributed by atoms with Crippen molar-refractivity contribution in [2.24, 2.45) is 5.73 Å². The first-order chi connectivity index (χ1) is 18.4. The van der Waals surface area contributed by atoms with E-state index in [0.717, 1.165) is 52.9 Å². The highest BCUT2D eigenvalue weighted by molar-refractivity contribution is 5.99. The summed E-state index contributed by atoms with van der Waals surface area (Å²) < 4.78 is 13.8. The zero-order valence-electron chi connectivity index (χ0n) is 21.3. The molecule has 4 aromatic carbocycles. The molecule has 0 aliphatic carbocycles. The third-order valence-electron chi connectivity index (χ3n) is 7.05. The summed E-state index contributed by atoms with van der Waals surface area (Å²) in [6.07, 6.45) is 1.90. The third-order valence-corrected chi connectivity index (χ3v) is 7.05. The predicted molar refractivity (Wildman–Crippen MR) is 149 cm³/mol. The Bertz CT molecular complexity index is 1510. The molecular weight excluding hydrogens is 477 g/mol. The molecule has 0 fully saturated rings. The Hall–Kier alpha value is -4.45. The molecule has 5 nitrogen and oxygen atoms in total. The molecule has 3 N–H and O–H groups in total. The molecule has 192 valence electrons. The van der Waals surface area contributed by atoms with Gasteiger partial charge in [0, 0.05) is 36.4 Å². The molecule has 1 aliphatic rings. The summed E-state index contributed by atoms with van der Waals surface area (Å²) in [6.45, 7) is 3.62. The molecule has 0 saturated heterocycles. The largest absolute Gasteiger partial charge is 0.367 e. The lowest BCUT2D eigenvalue weighted by atomic mass is 9.96. The highest BCUT2D eigenvalue weighted by atomic mass is 19.1. The van der Waals surface area contributed by atoms with Crippen LogP contribution < -0.4 is 16.0 Å². The molecule has 0 radical (unpaired) electrons. The van der Waals surface area contributed by atoms with Crippen molar-refractivity contribution in [3.05, 3.63) is 124 Å². The maximum absolute atomic E-state index is 13.8. The van der Waals surface area contributed by atoms with Gasteiger partial charge in [0.05, 0.1) is 0 Å².